The van der Waals surface area contributed by atoms with Crippen LogP contribution in [0.5, 0.6) is 0 Å². The second-order valence-corrected chi connectivity index (χ2v) is 23.7. The van der Waals surface area contributed by atoms with Gasteiger partial charge in [-0.25, -0.2) is 0 Å². The number of ether oxygens (including phenoxy) is 10. The van der Waals surface area contributed by atoms with Gasteiger partial charge < -0.3 is 114 Å². The Balaban J connectivity index is 0.938. The Bertz CT molecular complexity index is 1980. The molecule has 418 valence electrons. The maximum atomic E-state index is 13.1. The minimum atomic E-state index is -1.96. The van der Waals surface area contributed by atoms with Gasteiger partial charge in [0, 0.05) is 24.2 Å². The zero-order chi connectivity index (χ0) is 52.5. The van der Waals surface area contributed by atoms with Crippen LogP contribution in [0.2, 0.25) is 0 Å². The highest BCUT2D eigenvalue weighted by molar-refractivity contribution is 5.33. The van der Waals surface area contributed by atoms with E-state index in [1.165, 1.54) is 6.92 Å². The summed E-state index contributed by atoms with van der Waals surface area (Å²) >= 11 is 0. The van der Waals surface area contributed by atoms with Crippen molar-refractivity contribution in [2.45, 2.75) is 238 Å². The third-order valence-electron chi connectivity index (χ3n) is 19.8. The van der Waals surface area contributed by atoms with Gasteiger partial charge in [0.1, 0.15) is 91.1 Å². The molecule has 0 aromatic carbocycles. The van der Waals surface area contributed by atoms with E-state index in [-0.39, 0.29) is 24.2 Å². The zero-order valence-corrected chi connectivity index (χ0v) is 42.1. The van der Waals surface area contributed by atoms with Crippen molar-refractivity contribution in [3.8, 4) is 0 Å². The third-order valence-corrected chi connectivity index (χ3v) is 19.8. The summed E-state index contributed by atoms with van der Waals surface area (Å²) in [6, 6.07) is 0. The SMILES string of the molecule is C[C@@H]1CC[C@@]2(OC1)OC1C[C@@]3(O)C4CC=C5CC(O[C@@H]6O[C@H](CO)[C@@H](O[C@@H]7O[C@H](CO)[C@@H](O)[C@H](O)[C@H]7O)[C@H](O[C@@H]7OC[C@@H](O)[C@H](O)[C@H]7O)[C@H]6O[C@@H]6O[C@@H](C)[C@H](O)[C@@H](O)[C@H]6O)CCC5(C)C4CCC3(C)[C@@]1(O)[C@@H]2C. The Hall–Kier alpha value is -1.18. The summed E-state index contributed by atoms with van der Waals surface area (Å²) in [5, 5.41) is 144. The van der Waals surface area contributed by atoms with Crippen LogP contribution >= 0.6 is 0 Å². The molecule has 0 aromatic heterocycles. The first-order chi connectivity index (χ1) is 34.5. The molecule has 23 nitrogen and oxygen atoms in total. The number of hydrogen-bond donors (Lipinski definition) is 13. The molecule has 0 aromatic rings. The van der Waals surface area contributed by atoms with Crippen LogP contribution in [0.15, 0.2) is 11.6 Å². The molecule has 0 amide bonds. The van der Waals surface area contributed by atoms with Crippen molar-refractivity contribution in [1.29, 1.82) is 0 Å². The number of fused-ring (bicyclic) bond motifs is 7. The molecular formula is C50H80O23. The van der Waals surface area contributed by atoms with E-state index in [0.717, 1.165) is 18.4 Å². The molecule has 3 saturated carbocycles. The first-order valence-corrected chi connectivity index (χ1v) is 26.5. The predicted molar refractivity (Wildman–Crippen MR) is 244 cm³/mol. The van der Waals surface area contributed by atoms with Crippen molar-refractivity contribution in [1.82, 2.24) is 0 Å². The predicted octanol–water partition coefficient (Wildman–Crippen LogP) is -3.09. The van der Waals surface area contributed by atoms with Crippen LogP contribution in [0.4, 0.5) is 0 Å². The second kappa shape index (κ2) is 20.2. The monoisotopic (exact) mass is 1050 g/mol. The van der Waals surface area contributed by atoms with Gasteiger partial charge in [-0.3, -0.25) is 0 Å². The first kappa shape index (κ1) is 55.1. The van der Waals surface area contributed by atoms with Crippen LogP contribution in [-0.4, -0.2) is 239 Å². The van der Waals surface area contributed by atoms with Crippen LogP contribution < -0.4 is 0 Å². The summed E-state index contributed by atoms with van der Waals surface area (Å²) in [5.74, 6) is -1.02. The highest BCUT2D eigenvalue weighted by Crippen LogP contribution is 2.73. The lowest BCUT2D eigenvalue weighted by Crippen LogP contribution is -2.68. The number of aliphatic hydroxyl groups is 13. The summed E-state index contributed by atoms with van der Waals surface area (Å²) in [6.45, 7) is 8.24. The largest absolute Gasteiger partial charge is 0.394 e. The molecule has 0 bridgehead atoms. The Kier molecular flexibility index (Phi) is 15.2. The number of rotatable bonds is 10. The Morgan fingerprint density at radius 3 is 1.95 bits per heavy atom. The average molecular weight is 1050 g/mol. The van der Waals surface area contributed by atoms with E-state index in [1.807, 2.05) is 13.8 Å². The molecule has 4 aliphatic carbocycles. The van der Waals surface area contributed by atoms with Gasteiger partial charge in [-0.05, 0) is 75.0 Å². The number of aliphatic hydroxyl groups excluding tert-OH is 11. The fraction of sp³-hybridized carbons (Fsp3) is 0.960. The molecule has 10 aliphatic rings. The van der Waals surface area contributed by atoms with Crippen LogP contribution in [0, 0.1) is 34.5 Å². The molecular weight excluding hydrogens is 969 g/mol. The van der Waals surface area contributed by atoms with Crippen LogP contribution in [0.1, 0.15) is 92.4 Å². The van der Waals surface area contributed by atoms with Gasteiger partial charge in [-0.15, -0.1) is 0 Å². The fourth-order valence-electron chi connectivity index (χ4n) is 15.1. The van der Waals surface area contributed by atoms with Crippen molar-refractivity contribution < 1.29 is 114 Å². The van der Waals surface area contributed by atoms with E-state index in [9.17, 15) is 66.4 Å². The molecule has 6 saturated heterocycles. The Labute approximate surface area is 423 Å². The number of hydrogen-bond acceptors (Lipinski definition) is 23. The smallest absolute Gasteiger partial charge is 0.187 e. The van der Waals surface area contributed by atoms with E-state index >= 15 is 0 Å². The van der Waals surface area contributed by atoms with E-state index in [1.54, 1.807) is 0 Å². The summed E-state index contributed by atoms with van der Waals surface area (Å²) in [7, 11) is 0. The van der Waals surface area contributed by atoms with Gasteiger partial charge in [0.25, 0.3) is 0 Å². The molecule has 9 fully saturated rings. The van der Waals surface area contributed by atoms with E-state index in [2.05, 4.69) is 19.9 Å². The van der Waals surface area contributed by atoms with Crippen molar-refractivity contribution in [3.63, 3.8) is 0 Å². The topological polar surface area (TPSA) is 355 Å². The fourth-order valence-corrected chi connectivity index (χ4v) is 15.1. The lowest BCUT2D eigenvalue weighted by molar-refractivity contribution is -0.407. The molecule has 6 heterocycles. The Morgan fingerprint density at radius 2 is 1.26 bits per heavy atom. The molecule has 6 unspecified atom stereocenters. The van der Waals surface area contributed by atoms with Gasteiger partial charge in [-0.1, -0.05) is 39.3 Å². The maximum absolute atomic E-state index is 13.1. The summed E-state index contributed by atoms with van der Waals surface area (Å²) in [4.78, 5) is 0. The molecule has 6 aliphatic heterocycles. The van der Waals surface area contributed by atoms with E-state index in [4.69, 9.17) is 47.4 Å². The van der Waals surface area contributed by atoms with Gasteiger partial charge in [0.15, 0.2) is 30.9 Å². The third kappa shape index (κ3) is 8.66. The maximum Gasteiger partial charge on any atom is 0.187 e. The first-order valence-electron chi connectivity index (χ1n) is 26.5. The van der Waals surface area contributed by atoms with Crippen LogP contribution in [0.3, 0.4) is 0 Å². The molecule has 13 N–H and O–H groups in total. The van der Waals surface area contributed by atoms with Crippen molar-refractivity contribution in [2.75, 3.05) is 26.4 Å². The van der Waals surface area contributed by atoms with E-state index in [0.29, 0.717) is 51.0 Å². The van der Waals surface area contributed by atoms with Gasteiger partial charge in [0.05, 0.1) is 50.3 Å². The quantitative estimate of drug-likeness (QED) is 0.0965. The summed E-state index contributed by atoms with van der Waals surface area (Å²) in [6.07, 6.45) is -25.8. The summed E-state index contributed by atoms with van der Waals surface area (Å²) < 4.78 is 62.7. The lowest BCUT2D eigenvalue weighted by Gasteiger charge is -2.63. The normalized spacial score (nSPS) is 58.2. The molecule has 30 atom stereocenters. The minimum absolute atomic E-state index is 0.0355. The molecule has 10 rings (SSSR count). The van der Waals surface area contributed by atoms with Crippen molar-refractivity contribution in [2.24, 2.45) is 34.5 Å². The lowest BCUT2D eigenvalue weighted by atomic mass is 9.44. The highest BCUT2D eigenvalue weighted by atomic mass is 16.8. The van der Waals surface area contributed by atoms with E-state index < -0.39 is 177 Å². The molecule has 73 heavy (non-hydrogen) atoms. The van der Waals surface area contributed by atoms with Crippen LogP contribution in [0.25, 0.3) is 0 Å². The zero-order valence-electron chi connectivity index (χ0n) is 42.1. The molecule has 23 heteroatoms. The van der Waals surface area contributed by atoms with Gasteiger partial charge in [0.2, 0.25) is 0 Å². The number of allylic oxidation sites excluding steroid dienone is 1. The van der Waals surface area contributed by atoms with Crippen LogP contribution in [-0.2, 0) is 47.4 Å². The highest BCUT2D eigenvalue weighted by Gasteiger charge is 2.81. The standard InChI is InChI=1S/C50H80O23/c1-20-8-13-49(65-18-20)22(3)50(63)30(73-49)15-48(62)26-7-6-23-14-24(9-11-46(23,4)25(26)10-12-47(48,50)5)67-45-41(72-43-37(60)34(57)31(54)21(2)66-43)40(71-42-36(59)32(55)27(53)19-64-42)39(29(17-52)69-45)70-44-38(61)35(58)33(56)28(16-51)68-44/h6,20-22,24-45,51-63H,7-19H2,1-5H3/t20-,21+,22-,24?,25?,26?,27-,28-,29-,30?,31+,32+,33-,34-,35+,36-,37-,38-,39-,40+,41-,42+,43+,44+,45-,46?,47?,48-,49-,50-/m1/s1. The van der Waals surface area contributed by atoms with Crippen molar-refractivity contribution in [3.05, 3.63) is 11.6 Å². The Morgan fingerprint density at radius 1 is 0.616 bits per heavy atom. The minimum Gasteiger partial charge on any atom is -0.394 e. The average Bonchev–Trinajstić information content (AvgIpc) is 3.68. The molecule has 0 radical (unpaired) electrons. The van der Waals surface area contributed by atoms with Gasteiger partial charge in [-0.2, -0.15) is 0 Å². The summed E-state index contributed by atoms with van der Waals surface area (Å²) in [5.41, 5.74) is -2.73. The second-order valence-electron chi connectivity index (χ2n) is 23.7. The van der Waals surface area contributed by atoms with Crippen molar-refractivity contribution >= 4 is 0 Å². The molecule has 1 spiro atoms. The van der Waals surface area contributed by atoms with Gasteiger partial charge >= 0.3 is 0 Å².